The molecule has 53 heavy (non-hydrogen) atoms. The highest BCUT2D eigenvalue weighted by Gasteiger charge is 2.27. The van der Waals surface area contributed by atoms with Crippen molar-refractivity contribution in [2.24, 2.45) is 0 Å². The molecule has 0 aromatic rings. The largest absolute Gasteiger partial charge is 0.472 e. The second-order valence-corrected chi connectivity index (χ2v) is 15.8. The van der Waals surface area contributed by atoms with Crippen LogP contribution in [0.5, 0.6) is 0 Å². The Bertz CT molecular complexity index is 941. The minimum absolute atomic E-state index is 0.179. The molecular weight excluding hydrogens is 695 g/mol. The highest BCUT2D eigenvalue weighted by molar-refractivity contribution is 7.47. The Hall–Kier alpha value is -1.55. The topological polar surface area (TPSA) is 149 Å². The number of allylic oxidation sites excluding steroid dienone is 4. The van der Waals surface area contributed by atoms with Crippen molar-refractivity contribution in [2.45, 2.75) is 206 Å². The van der Waals surface area contributed by atoms with E-state index in [0.717, 1.165) is 38.5 Å². The molecule has 0 aliphatic heterocycles. The number of esters is 2. The van der Waals surface area contributed by atoms with Gasteiger partial charge in [-0.15, -0.1) is 0 Å². The molecule has 0 rings (SSSR count). The molecule has 0 aliphatic carbocycles. The molecule has 0 heterocycles. The van der Waals surface area contributed by atoms with E-state index in [1.165, 1.54) is 116 Å². The first kappa shape index (κ1) is 51.5. The number of unbranched alkanes of at least 4 members (excludes halogenated alkanes) is 22. The summed E-state index contributed by atoms with van der Waals surface area (Å²) in [5.41, 5.74) is 0. The molecule has 312 valence electrons. The van der Waals surface area contributed by atoms with E-state index in [4.69, 9.17) is 19.1 Å². The molecule has 11 heteroatoms. The Morgan fingerprint density at radius 1 is 0.547 bits per heavy atom. The fourth-order valence-corrected chi connectivity index (χ4v) is 6.52. The molecule has 0 aromatic heterocycles. The molecule has 0 amide bonds. The first-order chi connectivity index (χ1) is 25.7. The van der Waals surface area contributed by atoms with Gasteiger partial charge in [-0.3, -0.25) is 18.6 Å². The van der Waals surface area contributed by atoms with Crippen molar-refractivity contribution in [3.63, 3.8) is 0 Å². The lowest BCUT2D eigenvalue weighted by atomic mass is 10.1. The molecule has 0 bridgehead atoms. The van der Waals surface area contributed by atoms with Crippen LogP contribution in [0.3, 0.4) is 0 Å². The van der Waals surface area contributed by atoms with Crippen molar-refractivity contribution in [1.82, 2.24) is 0 Å². The van der Waals surface area contributed by atoms with Crippen LogP contribution in [0, 0.1) is 0 Å². The molecule has 3 N–H and O–H groups in total. The lowest BCUT2D eigenvalue weighted by Gasteiger charge is -2.20. The Kier molecular flexibility index (Phi) is 37.6. The van der Waals surface area contributed by atoms with E-state index in [9.17, 15) is 24.2 Å². The van der Waals surface area contributed by atoms with Crippen molar-refractivity contribution in [3.05, 3.63) is 24.3 Å². The lowest BCUT2D eigenvalue weighted by molar-refractivity contribution is -0.161. The second-order valence-electron chi connectivity index (χ2n) is 14.4. The third-order valence-corrected chi connectivity index (χ3v) is 10.0. The zero-order chi connectivity index (χ0) is 39.1. The van der Waals surface area contributed by atoms with E-state index < -0.39 is 51.8 Å². The van der Waals surface area contributed by atoms with E-state index in [1.54, 1.807) is 0 Å². The predicted octanol–water partition coefficient (Wildman–Crippen LogP) is 11.0. The number of carbonyl (C=O) groups excluding carboxylic acids is 2. The van der Waals surface area contributed by atoms with Gasteiger partial charge in [0.15, 0.2) is 6.10 Å². The molecule has 0 spiro atoms. The van der Waals surface area contributed by atoms with E-state index in [0.29, 0.717) is 12.8 Å². The zero-order valence-corrected chi connectivity index (χ0v) is 34.6. The average molecular weight is 775 g/mol. The third-order valence-electron chi connectivity index (χ3n) is 9.08. The summed E-state index contributed by atoms with van der Waals surface area (Å²) in [6, 6.07) is 0. The van der Waals surface area contributed by atoms with Crippen LogP contribution in [0.2, 0.25) is 0 Å². The molecule has 1 unspecified atom stereocenters. The number of hydrogen-bond acceptors (Lipinski definition) is 9. The van der Waals surface area contributed by atoms with Gasteiger partial charge < -0.3 is 24.6 Å². The first-order valence-corrected chi connectivity index (χ1v) is 22.8. The van der Waals surface area contributed by atoms with E-state index in [-0.39, 0.29) is 19.4 Å². The fraction of sp³-hybridized carbons (Fsp3) is 0.857. The molecule has 10 nitrogen and oxygen atoms in total. The summed E-state index contributed by atoms with van der Waals surface area (Å²) in [6.45, 7) is 2.33. The minimum atomic E-state index is -4.62. The number of rotatable bonds is 40. The number of carbonyl (C=O) groups is 2. The second kappa shape index (κ2) is 38.7. The summed E-state index contributed by atoms with van der Waals surface area (Å²) in [6.07, 6.45) is 37.1. The highest BCUT2D eigenvalue weighted by Crippen LogP contribution is 2.43. The van der Waals surface area contributed by atoms with Crippen molar-refractivity contribution in [2.75, 3.05) is 26.4 Å². The molecule has 0 aromatic carbocycles. The number of aliphatic hydroxyl groups is 2. The van der Waals surface area contributed by atoms with Gasteiger partial charge >= 0.3 is 19.8 Å². The fourth-order valence-electron chi connectivity index (χ4n) is 5.73. The molecule has 0 radical (unpaired) electrons. The maximum atomic E-state index is 12.6. The Balaban J connectivity index is 4.32. The maximum Gasteiger partial charge on any atom is 0.472 e. The van der Waals surface area contributed by atoms with Gasteiger partial charge in [0.2, 0.25) is 0 Å². The van der Waals surface area contributed by atoms with Crippen molar-refractivity contribution >= 4 is 19.8 Å². The smallest absolute Gasteiger partial charge is 0.462 e. The van der Waals surface area contributed by atoms with Crippen LogP contribution >= 0.6 is 7.82 Å². The summed E-state index contributed by atoms with van der Waals surface area (Å²) in [7, 11) is -4.62. The SMILES string of the molecule is CCCC/C=C/CCCCCCCCCCCC(=O)O[C@H](COC(=O)CCCC/C=C/CCCCCCCCCCC)COP(=O)(O)OC[C@@H](O)CO. The lowest BCUT2D eigenvalue weighted by Crippen LogP contribution is -2.29. The molecule has 0 aliphatic rings. The Labute approximate surface area is 323 Å². The predicted molar refractivity (Wildman–Crippen MR) is 215 cm³/mol. The monoisotopic (exact) mass is 775 g/mol. The third kappa shape index (κ3) is 38.5. The highest BCUT2D eigenvalue weighted by atomic mass is 31.2. The number of ether oxygens (including phenoxy) is 2. The van der Waals surface area contributed by atoms with Gasteiger partial charge in [0, 0.05) is 12.8 Å². The van der Waals surface area contributed by atoms with Crippen LogP contribution < -0.4 is 0 Å². The van der Waals surface area contributed by atoms with E-state index in [2.05, 4.69) is 42.7 Å². The number of phosphoric acid groups is 1. The van der Waals surface area contributed by atoms with Crippen LogP contribution in [0.15, 0.2) is 24.3 Å². The summed E-state index contributed by atoms with van der Waals surface area (Å²) in [5.74, 6) is -0.949. The summed E-state index contributed by atoms with van der Waals surface area (Å²) >= 11 is 0. The standard InChI is InChI=1S/C42H79O10P/c1-3-5-7-9-11-13-15-17-19-21-23-25-27-29-31-33-41(45)49-37-40(38-51-53(47,48)50-36-39(44)35-43)52-42(46)34-32-30-28-26-24-22-20-18-16-14-12-10-8-6-4-2/h10,12,23,25,39-40,43-44H,3-9,11,13-22,24,26-38H2,1-2H3,(H,47,48)/b12-10+,25-23+/t39-,40+/m0/s1. The van der Waals surface area contributed by atoms with Gasteiger partial charge in [0.05, 0.1) is 19.8 Å². The Morgan fingerprint density at radius 3 is 1.45 bits per heavy atom. The summed E-state index contributed by atoms with van der Waals surface area (Å²) in [4.78, 5) is 34.9. The molecule has 0 fully saturated rings. The van der Waals surface area contributed by atoms with Crippen molar-refractivity contribution in [3.8, 4) is 0 Å². The summed E-state index contributed by atoms with van der Waals surface area (Å²) in [5, 5.41) is 18.3. The van der Waals surface area contributed by atoms with Gasteiger partial charge in [-0.25, -0.2) is 4.57 Å². The molecule has 0 saturated carbocycles. The van der Waals surface area contributed by atoms with Gasteiger partial charge in [0.25, 0.3) is 0 Å². The maximum absolute atomic E-state index is 12.6. The van der Waals surface area contributed by atoms with Gasteiger partial charge in [0.1, 0.15) is 12.7 Å². The van der Waals surface area contributed by atoms with Crippen LogP contribution in [0.1, 0.15) is 194 Å². The van der Waals surface area contributed by atoms with Gasteiger partial charge in [-0.2, -0.15) is 0 Å². The number of aliphatic hydroxyl groups excluding tert-OH is 2. The van der Waals surface area contributed by atoms with Crippen LogP contribution in [-0.2, 0) is 32.7 Å². The van der Waals surface area contributed by atoms with Gasteiger partial charge in [-0.05, 0) is 57.8 Å². The number of phosphoric ester groups is 1. The minimum Gasteiger partial charge on any atom is -0.462 e. The number of hydrogen-bond donors (Lipinski definition) is 3. The van der Waals surface area contributed by atoms with Crippen molar-refractivity contribution < 1.29 is 47.8 Å². The van der Waals surface area contributed by atoms with Crippen LogP contribution in [-0.4, -0.2) is 65.7 Å². The first-order valence-electron chi connectivity index (χ1n) is 21.3. The van der Waals surface area contributed by atoms with E-state index >= 15 is 0 Å². The van der Waals surface area contributed by atoms with Crippen LogP contribution in [0.4, 0.5) is 0 Å². The molecule has 3 atom stereocenters. The summed E-state index contributed by atoms with van der Waals surface area (Å²) < 4.78 is 32.7. The van der Waals surface area contributed by atoms with Crippen molar-refractivity contribution in [1.29, 1.82) is 0 Å². The Morgan fingerprint density at radius 2 is 0.943 bits per heavy atom. The normalized spacial score (nSPS) is 14.1. The van der Waals surface area contributed by atoms with Gasteiger partial charge in [-0.1, -0.05) is 147 Å². The zero-order valence-electron chi connectivity index (χ0n) is 33.7. The van der Waals surface area contributed by atoms with Crippen LogP contribution in [0.25, 0.3) is 0 Å². The van der Waals surface area contributed by atoms with E-state index in [1.807, 2.05) is 0 Å². The average Bonchev–Trinajstić information content (AvgIpc) is 3.14. The molecular formula is C42H79O10P. The quantitative estimate of drug-likeness (QED) is 0.0238. The molecule has 0 saturated heterocycles.